The Bertz CT molecular complexity index is 589. The lowest BCUT2D eigenvalue weighted by Gasteiger charge is -2.01. The van der Waals surface area contributed by atoms with Crippen LogP contribution in [-0.2, 0) is 0 Å². The molecule has 0 fully saturated rings. The number of aromatic nitrogens is 2. The quantitative estimate of drug-likeness (QED) is 0.583. The van der Waals surface area contributed by atoms with Crippen molar-refractivity contribution in [3.63, 3.8) is 0 Å². The summed E-state index contributed by atoms with van der Waals surface area (Å²) in [6, 6.07) is 7.47. The average Bonchev–Trinajstić information content (AvgIpc) is 2.75. The third kappa shape index (κ3) is 2.05. The highest BCUT2D eigenvalue weighted by atomic mass is 16.6. The first-order chi connectivity index (χ1) is 8.09. The van der Waals surface area contributed by atoms with Crippen LogP contribution in [0.25, 0.3) is 0 Å². The summed E-state index contributed by atoms with van der Waals surface area (Å²) in [5.74, 6) is -0.509. The third-order valence-corrected chi connectivity index (χ3v) is 2.26. The average molecular weight is 231 g/mol. The van der Waals surface area contributed by atoms with E-state index < -0.39 is 10.8 Å². The van der Waals surface area contributed by atoms with E-state index in [1.165, 1.54) is 24.4 Å². The largest absolute Gasteiger partial charge is 0.285 e. The zero-order chi connectivity index (χ0) is 12.4. The van der Waals surface area contributed by atoms with E-state index in [4.69, 9.17) is 0 Å². The number of carbonyl (C=O) groups excluding carboxylic acids is 1. The molecule has 1 aromatic heterocycles. The Morgan fingerprint density at radius 2 is 2.06 bits per heavy atom. The summed E-state index contributed by atoms with van der Waals surface area (Å²) in [6.07, 6.45) is 1.48. The van der Waals surface area contributed by atoms with Gasteiger partial charge in [-0.05, 0) is 19.1 Å². The van der Waals surface area contributed by atoms with Crippen LogP contribution in [0, 0.1) is 17.0 Å². The number of nitrogens with zero attached hydrogens (tertiary/aromatic N) is 3. The van der Waals surface area contributed by atoms with Gasteiger partial charge in [-0.1, -0.05) is 12.1 Å². The maximum Gasteiger partial charge on any atom is 0.285 e. The molecule has 0 unspecified atom stereocenters. The van der Waals surface area contributed by atoms with Gasteiger partial charge in [-0.25, -0.2) is 4.68 Å². The van der Waals surface area contributed by atoms with Crippen LogP contribution in [0.5, 0.6) is 0 Å². The summed E-state index contributed by atoms with van der Waals surface area (Å²) in [5, 5.41) is 14.7. The highest BCUT2D eigenvalue weighted by Gasteiger charge is 2.20. The lowest BCUT2D eigenvalue weighted by Crippen LogP contribution is -2.14. The van der Waals surface area contributed by atoms with Gasteiger partial charge in [0.15, 0.2) is 0 Å². The second-order valence-corrected chi connectivity index (χ2v) is 3.48. The number of rotatable bonds is 2. The van der Waals surface area contributed by atoms with Crippen molar-refractivity contribution in [2.24, 2.45) is 0 Å². The molecule has 0 aliphatic rings. The molecular formula is C11H9N3O3. The van der Waals surface area contributed by atoms with Crippen LogP contribution in [0.1, 0.15) is 16.1 Å². The predicted molar refractivity (Wildman–Crippen MR) is 59.8 cm³/mol. The number of hydrogen-bond acceptors (Lipinski definition) is 4. The van der Waals surface area contributed by atoms with E-state index in [1.807, 2.05) is 0 Å². The highest BCUT2D eigenvalue weighted by Crippen LogP contribution is 2.18. The van der Waals surface area contributed by atoms with E-state index in [1.54, 1.807) is 19.1 Å². The summed E-state index contributed by atoms with van der Waals surface area (Å²) in [6.45, 7) is 1.74. The Balaban J connectivity index is 2.47. The molecule has 86 valence electrons. The van der Waals surface area contributed by atoms with Gasteiger partial charge in [0.25, 0.3) is 11.6 Å². The first-order valence-corrected chi connectivity index (χ1v) is 4.90. The van der Waals surface area contributed by atoms with Gasteiger partial charge in [0, 0.05) is 12.3 Å². The maximum absolute atomic E-state index is 12.0. The Kier molecular flexibility index (Phi) is 2.70. The lowest BCUT2D eigenvalue weighted by atomic mass is 10.1. The number of benzene rings is 1. The van der Waals surface area contributed by atoms with Crippen molar-refractivity contribution < 1.29 is 9.72 Å². The molecule has 0 aliphatic carbocycles. The first kappa shape index (κ1) is 11.0. The second-order valence-electron chi connectivity index (χ2n) is 3.48. The third-order valence-electron chi connectivity index (χ3n) is 2.26. The van der Waals surface area contributed by atoms with Gasteiger partial charge in [-0.2, -0.15) is 5.10 Å². The molecule has 6 nitrogen and oxygen atoms in total. The Hall–Kier alpha value is -2.50. The van der Waals surface area contributed by atoms with Crippen molar-refractivity contribution in [1.29, 1.82) is 0 Å². The molecule has 0 amide bonds. The van der Waals surface area contributed by atoms with E-state index in [9.17, 15) is 14.9 Å². The van der Waals surface area contributed by atoms with Crippen molar-refractivity contribution >= 4 is 11.6 Å². The molecule has 0 radical (unpaired) electrons. The second kappa shape index (κ2) is 4.17. The molecule has 2 aromatic rings. The van der Waals surface area contributed by atoms with Crippen LogP contribution >= 0.6 is 0 Å². The van der Waals surface area contributed by atoms with E-state index in [0.717, 1.165) is 4.68 Å². The number of para-hydroxylation sites is 1. The summed E-state index contributed by atoms with van der Waals surface area (Å²) < 4.78 is 1.09. The predicted octanol–water partition coefficient (Wildman–Crippen LogP) is 1.79. The fourth-order valence-corrected chi connectivity index (χ4v) is 1.47. The van der Waals surface area contributed by atoms with Crippen molar-refractivity contribution in [1.82, 2.24) is 9.78 Å². The smallest absolute Gasteiger partial charge is 0.266 e. The molecule has 0 aliphatic heterocycles. The van der Waals surface area contributed by atoms with Crippen LogP contribution < -0.4 is 0 Å². The van der Waals surface area contributed by atoms with Crippen molar-refractivity contribution in [3.05, 3.63) is 57.9 Å². The maximum atomic E-state index is 12.0. The molecule has 0 spiro atoms. The zero-order valence-electron chi connectivity index (χ0n) is 9.03. The molecule has 0 N–H and O–H groups in total. The molecular weight excluding hydrogens is 222 g/mol. The minimum absolute atomic E-state index is 0.0283. The van der Waals surface area contributed by atoms with Crippen LogP contribution in [0.4, 0.5) is 5.69 Å². The molecule has 0 saturated carbocycles. The van der Waals surface area contributed by atoms with Crippen LogP contribution in [-0.4, -0.2) is 20.6 Å². The van der Waals surface area contributed by atoms with Gasteiger partial charge in [-0.15, -0.1) is 0 Å². The molecule has 1 heterocycles. The summed E-state index contributed by atoms with van der Waals surface area (Å²) in [5.41, 5.74) is 0.489. The molecule has 0 atom stereocenters. The SMILES string of the molecule is Cc1ccn(C(=O)c2ccccc2[N+](=O)[O-])n1. The number of nitro benzene ring substituents is 1. The fraction of sp³-hybridized carbons (Fsp3) is 0.0909. The molecule has 17 heavy (non-hydrogen) atoms. The van der Waals surface area contributed by atoms with Gasteiger partial charge in [0.05, 0.1) is 10.6 Å². The van der Waals surface area contributed by atoms with Crippen molar-refractivity contribution in [3.8, 4) is 0 Å². The van der Waals surface area contributed by atoms with E-state index in [2.05, 4.69) is 5.10 Å². The Labute approximate surface area is 96.6 Å². The van der Waals surface area contributed by atoms with E-state index in [0.29, 0.717) is 5.69 Å². The highest BCUT2D eigenvalue weighted by molar-refractivity contribution is 5.99. The number of carbonyl (C=O) groups is 1. The van der Waals surface area contributed by atoms with Crippen LogP contribution in [0.2, 0.25) is 0 Å². The van der Waals surface area contributed by atoms with Crippen molar-refractivity contribution in [2.45, 2.75) is 6.92 Å². The van der Waals surface area contributed by atoms with Crippen LogP contribution in [0.3, 0.4) is 0 Å². The van der Waals surface area contributed by atoms with E-state index >= 15 is 0 Å². The zero-order valence-corrected chi connectivity index (χ0v) is 9.03. The van der Waals surface area contributed by atoms with Gasteiger partial charge in [0.1, 0.15) is 5.56 Å². The minimum atomic E-state index is -0.580. The van der Waals surface area contributed by atoms with Gasteiger partial charge in [0.2, 0.25) is 0 Å². The molecule has 2 rings (SSSR count). The monoisotopic (exact) mass is 231 g/mol. The van der Waals surface area contributed by atoms with Gasteiger partial charge < -0.3 is 0 Å². The molecule has 6 heteroatoms. The molecule has 0 bridgehead atoms. The summed E-state index contributed by atoms with van der Waals surface area (Å²) in [7, 11) is 0. The summed E-state index contributed by atoms with van der Waals surface area (Å²) >= 11 is 0. The first-order valence-electron chi connectivity index (χ1n) is 4.90. The van der Waals surface area contributed by atoms with Crippen LogP contribution in [0.15, 0.2) is 36.5 Å². The van der Waals surface area contributed by atoms with Gasteiger partial charge >= 0.3 is 0 Å². The topological polar surface area (TPSA) is 78.0 Å². The number of hydrogen-bond donors (Lipinski definition) is 0. The van der Waals surface area contributed by atoms with Gasteiger partial charge in [-0.3, -0.25) is 14.9 Å². The Morgan fingerprint density at radius 1 is 1.35 bits per heavy atom. The lowest BCUT2D eigenvalue weighted by molar-refractivity contribution is -0.385. The number of aryl methyl sites for hydroxylation is 1. The van der Waals surface area contributed by atoms with E-state index in [-0.39, 0.29) is 11.3 Å². The normalized spacial score (nSPS) is 10.2. The standard InChI is InChI=1S/C11H9N3O3/c1-8-6-7-13(12-8)11(15)9-4-2-3-5-10(9)14(16)17/h2-7H,1H3. The fourth-order valence-electron chi connectivity index (χ4n) is 1.47. The number of nitro groups is 1. The minimum Gasteiger partial charge on any atom is -0.266 e. The van der Waals surface area contributed by atoms with Crippen molar-refractivity contribution in [2.75, 3.05) is 0 Å². The Morgan fingerprint density at radius 3 is 2.65 bits per heavy atom. The molecule has 0 saturated heterocycles. The summed E-state index contributed by atoms with van der Waals surface area (Å²) in [4.78, 5) is 22.2. The molecule has 1 aromatic carbocycles.